The summed E-state index contributed by atoms with van der Waals surface area (Å²) >= 11 is 0. The molecule has 1 aromatic rings. The molecule has 1 aliphatic heterocycles. The molecule has 2 rings (SSSR count). The number of nitriles is 1. The monoisotopic (exact) mass is 312 g/mol. The second-order valence-electron chi connectivity index (χ2n) is 7.02. The van der Waals surface area contributed by atoms with Crippen molar-refractivity contribution >= 4 is 13.2 Å². The van der Waals surface area contributed by atoms with Crippen molar-refractivity contribution in [2.45, 2.75) is 45.8 Å². The minimum atomic E-state index is -0.390. The predicted octanol–water partition coefficient (Wildman–Crippen LogP) is 3.10. The molecule has 0 aliphatic carbocycles. The Kier molecular flexibility index (Phi) is 5.00. The quantitative estimate of drug-likeness (QED) is 0.868. The number of nitrogens with zero attached hydrogens (tertiary/aromatic N) is 1. The summed E-state index contributed by atoms with van der Waals surface area (Å²) in [6.07, 6.45) is 2.04. The number of aryl methyl sites for hydroxylation is 1. The van der Waals surface area contributed by atoms with Crippen LogP contribution in [0, 0.1) is 18.3 Å². The van der Waals surface area contributed by atoms with E-state index in [1.54, 1.807) is 0 Å². The van der Waals surface area contributed by atoms with Crippen LogP contribution in [-0.2, 0) is 9.31 Å². The van der Waals surface area contributed by atoms with E-state index in [2.05, 4.69) is 11.4 Å². The Bertz CT molecular complexity index is 643. The molecule has 0 bridgehead atoms. The lowest BCUT2D eigenvalue weighted by Gasteiger charge is -2.32. The van der Waals surface area contributed by atoms with Crippen molar-refractivity contribution in [1.29, 1.82) is 5.26 Å². The maximum atomic E-state index is 9.20. The minimum absolute atomic E-state index is 0.365. The van der Waals surface area contributed by atoms with E-state index in [4.69, 9.17) is 9.31 Å². The summed E-state index contributed by atoms with van der Waals surface area (Å²) in [6, 6.07) is 8.10. The third-order valence-corrected chi connectivity index (χ3v) is 4.67. The first-order chi connectivity index (χ1) is 10.7. The third kappa shape index (κ3) is 3.66. The lowest BCUT2D eigenvalue weighted by Crippen LogP contribution is -2.41. The molecule has 0 amide bonds. The summed E-state index contributed by atoms with van der Waals surface area (Å²) < 4.78 is 12.3. The van der Waals surface area contributed by atoms with E-state index in [1.807, 2.05) is 65.9 Å². The summed E-state index contributed by atoms with van der Waals surface area (Å²) in [5.41, 5.74) is 2.93. The smallest absolute Gasteiger partial charge is 0.400 e. The van der Waals surface area contributed by atoms with Crippen LogP contribution in [0.4, 0.5) is 0 Å². The van der Waals surface area contributed by atoms with Gasteiger partial charge < -0.3 is 14.6 Å². The Morgan fingerprint density at radius 1 is 1.26 bits per heavy atom. The van der Waals surface area contributed by atoms with Crippen molar-refractivity contribution in [3.05, 3.63) is 40.4 Å². The zero-order valence-electron chi connectivity index (χ0n) is 14.9. The largest absolute Gasteiger partial charge is 0.491 e. The molecule has 1 aromatic carbocycles. The van der Waals surface area contributed by atoms with Crippen molar-refractivity contribution in [3.63, 3.8) is 0 Å². The van der Waals surface area contributed by atoms with Crippen LogP contribution in [0.5, 0.6) is 0 Å². The van der Waals surface area contributed by atoms with Gasteiger partial charge in [-0.15, -0.1) is 0 Å². The first-order valence-corrected chi connectivity index (χ1v) is 7.91. The molecule has 0 unspecified atom stereocenters. The van der Waals surface area contributed by atoms with Gasteiger partial charge in [0.2, 0.25) is 0 Å². The highest BCUT2D eigenvalue weighted by atomic mass is 16.7. The molecule has 1 N–H and O–H groups in total. The number of nitrogens with one attached hydrogen (secondary N) is 1. The van der Waals surface area contributed by atoms with Crippen LogP contribution in [0.1, 0.15) is 44.4 Å². The molecule has 0 aromatic heterocycles. The number of hydrogen-bond donors (Lipinski definition) is 1. The highest BCUT2D eigenvalue weighted by Crippen LogP contribution is 2.38. The molecule has 0 radical (unpaired) electrons. The maximum Gasteiger partial charge on any atom is 0.491 e. The first kappa shape index (κ1) is 17.7. The molecule has 1 fully saturated rings. The van der Waals surface area contributed by atoms with Gasteiger partial charge in [0.15, 0.2) is 0 Å². The molecule has 0 atom stereocenters. The Labute approximate surface area is 139 Å². The molecule has 0 saturated carbocycles. The normalized spacial score (nSPS) is 19.7. The minimum Gasteiger partial charge on any atom is -0.400 e. The highest BCUT2D eigenvalue weighted by molar-refractivity contribution is 6.55. The molecule has 1 heterocycles. The van der Waals surface area contributed by atoms with Gasteiger partial charge in [-0.1, -0.05) is 18.2 Å². The van der Waals surface area contributed by atoms with Gasteiger partial charge in [-0.25, -0.2) is 0 Å². The van der Waals surface area contributed by atoms with Gasteiger partial charge in [0.05, 0.1) is 22.8 Å². The summed E-state index contributed by atoms with van der Waals surface area (Å²) in [7, 11) is 1.51. The molecule has 23 heavy (non-hydrogen) atoms. The van der Waals surface area contributed by atoms with Gasteiger partial charge >= 0.3 is 7.12 Å². The standard InChI is InChI=1S/C18H25BN2O2/c1-13-7-8-14(9-15(13)11-20)10-16(12-21-6)19-22-17(2,3)18(4,5)23-19/h7-10,21H,12H2,1-6H3. The highest BCUT2D eigenvalue weighted by Gasteiger charge is 2.52. The molecule has 1 saturated heterocycles. The van der Waals surface area contributed by atoms with E-state index in [9.17, 15) is 5.26 Å². The van der Waals surface area contributed by atoms with Gasteiger partial charge in [-0.05, 0) is 64.3 Å². The average Bonchev–Trinajstić information content (AvgIpc) is 2.69. The number of likely N-dealkylation sites (N-methyl/N-ethyl adjacent to an activating group) is 1. The van der Waals surface area contributed by atoms with Crippen molar-refractivity contribution in [1.82, 2.24) is 5.32 Å². The van der Waals surface area contributed by atoms with Crippen LogP contribution >= 0.6 is 0 Å². The summed E-state index contributed by atoms with van der Waals surface area (Å²) in [5.74, 6) is 0. The number of rotatable bonds is 4. The lowest BCUT2D eigenvalue weighted by atomic mass is 9.77. The van der Waals surface area contributed by atoms with Gasteiger partial charge in [-0.3, -0.25) is 0 Å². The zero-order valence-corrected chi connectivity index (χ0v) is 14.9. The number of hydrogen-bond acceptors (Lipinski definition) is 4. The van der Waals surface area contributed by atoms with Gasteiger partial charge in [0, 0.05) is 6.54 Å². The molecule has 1 aliphatic rings. The van der Waals surface area contributed by atoms with Crippen molar-refractivity contribution in [2.75, 3.05) is 13.6 Å². The van der Waals surface area contributed by atoms with Gasteiger partial charge in [-0.2, -0.15) is 5.26 Å². The van der Waals surface area contributed by atoms with Crippen LogP contribution in [-0.4, -0.2) is 31.9 Å². The predicted molar refractivity (Wildman–Crippen MR) is 93.9 cm³/mol. The molecule has 4 nitrogen and oxygen atoms in total. The fourth-order valence-electron chi connectivity index (χ4n) is 2.46. The average molecular weight is 312 g/mol. The van der Waals surface area contributed by atoms with E-state index >= 15 is 0 Å². The van der Waals surface area contributed by atoms with Crippen LogP contribution in [0.25, 0.3) is 6.08 Å². The van der Waals surface area contributed by atoms with Crippen LogP contribution in [0.2, 0.25) is 0 Å². The van der Waals surface area contributed by atoms with Crippen LogP contribution in [0.3, 0.4) is 0 Å². The van der Waals surface area contributed by atoms with Crippen molar-refractivity contribution in [3.8, 4) is 6.07 Å². The molecular weight excluding hydrogens is 287 g/mol. The van der Waals surface area contributed by atoms with Crippen molar-refractivity contribution in [2.24, 2.45) is 0 Å². The summed E-state index contributed by atoms with van der Waals surface area (Å²) in [4.78, 5) is 0. The lowest BCUT2D eigenvalue weighted by molar-refractivity contribution is 0.00578. The van der Waals surface area contributed by atoms with Gasteiger partial charge in [0.25, 0.3) is 0 Å². The Hall–Kier alpha value is -1.61. The second-order valence-corrected chi connectivity index (χ2v) is 7.02. The zero-order chi connectivity index (χ0) is 17.3. The van der Waals surface area contributed by atoms with Gasteiger partial charge in [0.1, 0.15) is 0 Å². The van der Waals surface area contributed by atoms with E-state index in [1.165, 1.54) is 0 Å². The topological polar surface area (TPSA) is 54.3 Å². The summed E-state index contributed by atoms with van der Waals surface area (Å²) in [6.45, 7) is 10.8. The Balaban J connectivity index is 2.34. The fourth-order valence-corrected chi connectivity index (χ4v) is 2.46. The van der Waals surface area contributed by atoms with Crippen LogP contribution < -0.4 is 5.32 Å². The van der Waals surface area contributed by atoms with Crippen molar-refractivity contribution < 1.29 is 9.31 Å². The molecule has 0 spiro atoms. The molecular formula is C18H25BN2O2. The van der Waals surface area contributed by atoms with Crippen LogP contribution in [0.15, 0.2) is 23.7 Å². The third-order valence-electron chi connectivity index (χ3n) is 4.67. The molecule has 122 valence electrons. The maximum absolute atomic E-state index is 9.20. The van der Waals surface area contributed by atoms with E-state index in [-0.39, 0.29) is 18.3 Å². The molecule has 5 heteroatoms. The SMILES string of the molecule is CNCC(=Cc1ccc(C)c(C#N)c1)B1OC(C)(C)C(C)(C)O1. The first-order valence-electron chi connectivity index (χ1n) is 7.91. The Morgan fingerprint density at radius 2 is 1.87 bits per heavy atom. The van der Waals surface area contributed by atoms with E-state index in [0.29, 0.717) is 12.1 Å². The second kappa shape index (κ2) is 6.49. The Morgan fingerprint density at radius 3 is 2.39 bits per heavy atom. The number of benzene rings is 1. The summed E-state index contributed by atoms with van der Waals surface area (Å²) in [5, 5.41) is 12.4. The fraction of sp³-hybridized carbons (Fsp3) is 0.500. The van der Waals surface area contributed by atoms with E-state index < -0.39 is 0 Å². The van der Waals surface area contributed by atoms with E-state index in [0.717, 1.165) is 16.6 Å².